The predicted octanol–water partition coefficient (Wildman–Crippen LogP) is 3.95. The first kappa shape index (κ1) is 17.8. The van der Waals surface area contributed by atoms with Crippen LogP contribution in [0.5, 0.6) is 0 Å². The number of aromatic nitrogens is 2. The number of halogens is 1. The lowest BCUT2D eigenvalue weighted by Crippen LogP contribution is -2.42. The summed E-state index contributed by atoms with van der Waals surface area (Å²) in [7, 11) is 1.79. The fourth-order valence-electron chi connectivity index (χ4n) is 3.32. The maximum absolute atomic E-state index is 13.1. The molecular weight excluding hydrogens is 362 g/mol. The zero-order chi connectivity index (χ0) is 18.8. The van der Waals surface area contributed by atoms with Crippen LogP contribution in [-0.4, -0.2) is 40.3 Å². The summed E-state index contributed by atoms with van der Waals surface area (Å²) in [4.78, 5) is 14.9. The molecular formula is C21H20ClN3O2. The number of carbonyl (C=O) groups is 1. The molecule has 0 bridgehead atoms. The van der Waals surface area contributed by atoms with Crippen LogP contribution in [0.4, 0.5) is 0 Å². The van der Waals surface area contributed by atoms with E-state index in [-0.39, 0.29) is 12.0 Å². The van der Waals surface area contributed by atoms with Crippen LogP contribution in [0.25, 0.3) is 11.3 Å². The molecule has 1 aliphatic rings. The lowest BCUT2D eigenvalue weighted by molar-refractivity contribution is -0.0231. The van der Waals surface area contributed by atoms with Crippen LogP contribution in [0, 0.1) is 0 Å². The minimum absolute atomic E-state index is 0.0393. The molecule has 0 spiro atoms. The summed E-state index contributed by atoms with van der Waals surface area (Å²) in [5.41, 5.74) is 3.26. The molecule has 0 N–H and O–H groups in total. The van der Waals surface area contributed by atoms with Gasteiger partial charge in [0, 0.05) is 24.2 Å². The predicted molar refractivity (Wildman–Crippen MR) is 105 cm³/mol. The minimum atomic E-state index is -0.107. The van der Waals surface area contributed by atoms with Crippen LogP contribution in [0.2, 0.25) is 5.02 Å². The number of morpholine rings is 1. The number of amides is 1. The standard InChI is InChI=1S/C21H20ClN3O2/c1-24-19(13-18(23-24)16-8-5-9-17(22)12-16)21(26)25-10-11-27-20(14-25)15-6-3-2-4-7-15/h2-9,12-13,20H,10-11,14H2,1H3/t20-/m0/s1. The third kappa shape index (κ3) is 3.75. The molecule has 1 atom stereocenters. The molecule has 4 rings (SSSR count). The van der Waals surface area contributed by atoms with Crippen molar-refractivity contribution in [2.24, 2.45) is 7.05 Å². The van der Waals surface area contributed by atoms with Crippen molar-refractivity contribution < 1.29 is 9.53 Å². The Hall–Kier alpha value is -2.63. The molecule has 3 aromatic rings. The van der Waals surface area contributed by atoms with E-state index in [4.69, 9.17) is 16.3 Å². The topological polar surface area (TPSA) is 47.4 Å². The van der Waals surface area contributed by atoms with Crippen LogP contribution < -0.4 is 0 Å². The third-order valence-electron chi connectivity index (χ3n) is 4.74. The van der Waals surface area contributed by atoms with Crippen LogP contribution in [0.1, 0.15) is 22.2 Å². The first-order valence-corrected chi connectivity index (χ1v) is 9.25. The van der Waals surface area contributed by atoms with E-state index in [0.29, 0.717) is 30.4 Å². The van der Waals surface area contributed by atoms with Crippen molar-refractivity contribution in [3.8, 4) is 11.3 Å². The molecule has 27 heavy (non-hydrogen) atoms. The molecule has 6 heteroatoms. The molecule has 0 aliphatic carbocycles. The number of rotatable bonds is 3. The molecule has 138 valence electrons. The van der Waals surface area contributed by atoms with Crippen molar-refractivity contribution in [2.75, 3.05) is 19.7 Å². The average Bonchev–Trinajstić information content (AvgIpc) is 3.10. The second-order valence-electron chi connectivity index (χ2n) is 6.57. The van der Waals surface area contributed by atoms with E-state index in [2.05, 4.69) is 5.10 Å². The highest BCUT2D eigenvalue weighted by Crippen LogP contribution is 2.25. The quantitative estimate of drug-likeness (QED) is 0.690. The van der Waals surface area contributed by atoms with Crippen LogP contribution in [0.15, 0.2) is 60.7 Å². The first-order chi connectivity index (χ1) is 13.1. The Bertz CT molecular complexity index is 955. The summed E-state index contributed by atoms with van der Waals surface area (Å²) in [6, 6.07) is 19.3. The van der Waals surface area contributed by atoms with Crippen molar-refractivity contribution in [1.29, 1.82) is 0 Å². The molecule has 1 amide bonds. The monoisotopic (exact) mass is 381 g/mol. The van der Waals surface area contributed by atoms with Gasteiger partial charge >= 0.3 is 0 Å². The van der Waals surface area contributed by atoms with Gasteiger partial charge in [-0.3, -0.25) is 9.48 Å². The van der Waals surface area contributed by atoms with Gasteiger partial charge in [0.05, 0.1) is 18.8 Å². The molecule has 1 fully saturated rings. The second kappa shape index (κ2) is 7.55. The Morgan fingerprint density at radius 1 is 1.15 bits per heavy atom. The Morgan fingerprint density at radius 2 is 1.96 bits per heavy atom. The van der Waals surface area contributed by atoms with E-state index in [1.54, 1.807) is 11.7 Å². The molecule has 5 nitrogen and oxygen atoms in total. The number of benzene rings is 2. The number of ether oxygens (including phenoxy) is 1. The molecule has 0 radical (unpaired) electrons. The summed E-state index contributed by atoms with van der Waals surface area (Å²) >= 11 is 6.08. The van der Waals surface area contributed by atoms with Crippen molar-refractivity contribution in [1.82, 2.24) is 14.7 Å². The summed E-state index contributed by atoms with van der Waals surface area (Å²) in [6.45, 7) is 1.62. The molecule has 2 aromatic carbocycles. The van der Waals surface area contributed by atoms with E-state index in [9.17, 15) is 4.79 Å². The van der Waals surface area contributed by atoms with Crippen molar-refractivity contribution in [3.63, 3.8) is 0 Å². The summed E-state index contributed by atoms with van der Waals surface area (Å²) in [5.74, 6) is -0.0393. The van der Waals surface area contributed by atoms with Gasteiger partial charge < -0.3 is 9.64 Å². The van der Waals surface area contributed by atoms with Crippen LogP contribution >= 0.6 is 11.6 Å². The highest BCUT2D eigenvalue weighted by atomic mass is 35.5. The van der Waals surface area contributed by atoms with E-state index >= 15 is 0 Å². The van der Waals surface area contributed by atoms with Crippen molar-refractivity contribution in [3.05, 3.63) is 76.9 Å². The van der Waals surface area contributed by atoms with Gasteiger partial charge in [0.1, 0.15) is 11.8 Å². The second-order valence-corrected chi connectivity index (χ2v) is 7.01. The van der Waals surface area contributed by atoms with Gasteiger partial charge in [-0.05, 0) is 23.8 Å². The van der Waals surface area contributed by atoms with Gasteiger partial charge in [0.2, 0.25) is 0 Å². The molecule has 1 aliphatic heterocycles. The molecule has 1 aromatic heterocycles. The van der Waals surface area contributed by atoms with E-state index < -0.39 is 0 Å². The SMILES string of the molecule is Cn1nc(-c2cccc(Cl)c2)cc1C(=O)N1CCO[C@H](c2ccccc2)C1. The average molecular weight is 382 g/mol. The van der Waals surface area contributed by atoms with Gasteiger partial charge in [0.15, 0.2) is 0 Å². The maximum atomic E-state index is 13.1. The zero-order valence-corrected chi connectivity index (χ0v) is 15.8. The Kier molecular flexibility index (Phi) is 4.97. The van der Waals surface area contributed by atoms with Gasteiger partial charge in [-0.2, -0.15) is 5.10 Å². The Balaban J connectivity index is 1.56. The molecule has 2 heterocycles. The third-order valence-corrected chi connectivity index (χ3v) is 4.98. The van der Waals surface area contributed by atoms with Crippen molar-refractivity contribution >= 4 is 17.5 Å². The zero-order valence-electron chi connectivity index (χ0n) is 15.0. The van der Waals surface area contributed by atoms with E-state index in [1.165, 1.54) is 0 Å². The Labute approximate surface area is 163 Å². The number of aryl methyl sites for hydroxylation is 1. The van der Waals surface area contributed by atoms with Crippen LogP contribution in [-0.2, 0) is 11.8 Å². The Morgan fingerprint density at radius 3 is 2.74 bits per heavy atom. The van der Waals surface area contributed by atoms with Crippen LogP contribution in [0.3, 0.4) is 0 Å². The fraction of sp³-hybridized carbons (Fsp3) is 0.238. The maximum Gasteiger partial charge on any atom is 0.272 e. The van der Waals surface area contributed by atoms with Gasteiger partial charge in [-0.1, -0.05) is 54.1 Å². The van der Waals surface area contributed by atoms with Crippen molar-refractivity contribution in [2.45, 2.75) is 6.10 Å². The molecule has 1 saturated heterocycles. The first-order valence-electron chi connectivity index (χ1n) is 8.87. The summed E-state index contributed by atoms with van der Waals surface area (Å²) < 4.78 is 7.50. The number of hydrogen-bond donors (Lipinski definition) is 0. The molecule has 0 saturated carbocycles. The number of hydrogen-bond acceptors (Lipinski definition) is 3. The smallest absolute Gasteiger partial charge is 0.272 e. The van der Waals surface area contributed by atoms with Gasteiger partial charge in [-0.25, -0.2) is 0 Å². The largest absolute Gasteiger partial charge is 0.370 e. The van der Waals surface area contributed by atoms with E-state index in [0.717, 1.165) is 16.8 Å². The lowest BCUT2D eigenvalue weighted by Gasteiger charge is -2.33. The van der Waals surface area contributed by atoms with Gasteiger partial charge in [-0.15, -0.1) is 0 Å². The number of nitrogens with zero attached hydrogens (tertiary/aromatic N) is 3. The molecule has 0 unspecified atom stereocenters. The lowest BCUT2D eigenvalue weighted by atomic mass is 10.1. The van der Waals surface area contributed by atoms with Gasteiger partial charge in [0.25, 0.3) is 5.91 Å². The fourth-order valence-corrected chi connectivity index (χ4v) is 3.51. The summed E-state index contributed by atoms with van der Waals surface area (Å²) in [6.07, 6.45) is -0.107. The normalized spacial score (nSPS) is 17.1. The minimum Gasteiger partial charge on any atom is -0.370 e. The van der Waals surface area contributed by atoms with E-state index in [1.807, 2.05) is 65.6 Å². The number of carbonyl (C=O) groups excluding carboxylic acids is 1. The summed E-state index contributed by atoms with van der Waals surface area (Å²) in [5, 5.41) is 5.14. The highest BCUT2D eigenvalue weighted by Gasteiger charge is 2.28. The highest BCUT2D eigenvalue weighted by molar-refractivity contribution is 6.30.